The van der Waals surface area contributed by atoms with E-state index in [1.165, 1.54) is 31.4 Å². The molecule has 2 fully saturated rings. The number of fused-ring (bicyclic) bond motifs is 1. The lowest BCUT2D eigenvalue weighted by molar-refractivity contribution is -0.0805. The first kappa shape index (κ1) is 16.6. The fourth-order valence-electron chi connectivity index (χ4n) is 3.78. The van der Waals surface area contributed by atoms with Crippen LogP contribution in [-0.2, 0) is 4.74 Å². The molecule has 0 spiro atoms. The van der Waals surface area contributed by atoms with Crippen LogP contribution in [0.15, 0.2) is 41.1 Å². The average molecular weight is 369 g/mol. The van der Waals surface area contributed by atoms with Gasteiger partial charge in [-0.2, -0.15) is 10.1 Å². The van der Waals surface area contributed by atoms with Crippen LogP contribution in [-0.4, -0.2) is 50.6 Å². The summed E-state index contributed by atoms with van der Waals surface area (Å²) < 4.78 is 26.1. The Hall–Kier alpha value is -2.58. The molecule has 0 saturated carbocycles. The van der Waals surface area contributed by atoms with Gasteiger partial charge in [0.2, 0.25) is 5.82 Å². The van der Waals surface area contributed by atoms with Crippen molar-refractivity contribution in [2.75, 3.05) is 19.7 Å². The maximum atomic E-state index is 13.1. The van der Waals surface area contributed by atoms with E-state index in [2.05, 4.69) is 20.1 Å². The van der Waals surface area contributed by atoms with Gasteiger partial charge in [0.25, 0.3) is 5.89 Å². The number of hydrogen-bond acceptors (Lipinski definition) is 6. The topological polar surface area (TPSA) is 69.2 Å². The van der Waals surface area contributed by atoms with Gasteiger partial charge < -0.3 is 9.26 Å². The van der Waals surface area contributed by atoms with Crippen molar-refractivity contribution < 1.29 is 13.7 Å². The number of piperidine rings is 1. The van der Waals surface area contributed by atoms with Crippen molar-refractivity contribution in [2.24, 2.45) is 0 Å². The van der Waals surface area contributed by atoms with Crippen LogP contribution in [0.5, 0.6) is 0 Å². The summed E-state index contributed by atoms with van der Waals surface area (Å²) in [6.45, 7) is 2.62. The Bertz CT molecular complexity index is 922. The molecule has 2 aliphatic rings. The van der Waals surface area contributed by atoms with Gasteiger partial charge in [-0.25, -0.2) is 9.07 Å². The summed E-state index contributed by atoms with van der Waals surface area (Å²) in [6, 6.07) is 8.44. The predicted molar refractivity (Wildman–Crippen MR) is 94.7 cm³/mol. The molecule has 27 heavy (non-hydrogen) atoms. The Balaban J connectivity index is 1.33. The van der Waals surface area contributed by atoms with E-state index in [4.69, 9.17) is 9.26 Å². The molecule has 1 unspecified atom stereocenters. The lowest BCUT2D eigenvalue weighted by Gasteiger charge is -2.41. The van der Waals surface area contributed by atoms with Crippen molar-refractivity contribution in [3.63, 3.8) is 0 Å². The summed E-state index contributed by atoms with van der Waals surface area (Å²) >= 11 is 0. The third kappa shape index (κ3) is 3.26. The minimum Gasteiger partial charge on any atom is -0.367 e. The summed E-state index contributed by atoms with van der Waals surface area (Å²) in [5, 5.41) is 8.56. The molecule has 2 atom stereocenters. The molecule has 3 aromatic rings. The first-order valence-electron chi connectivity index (χ1n) is 9.27. The van der Waals surface area contributed by atoms with Gasteiger partial charge in [0, 0.05) is 18.8 Å². The largest absolute Gasteiger partial charge is 0.367 e. The Morgan fingerprint density at radius 2 is 2.00 bits per heavy atom. The van der Waals surface area contributed by atoms with Gasteiger partial charge in [-0.3, -0.25) is 4.90 Å². The number of ether oxygens (including phenoxy) is 1. The molecule has 4 heterocycles. The number of halogens is 1. The molecular formula is C19H20FN5O2. The fourth-order valence-corrected chi connectivity index (χ4v) is 3.78. The van der Waals surface area contributed by atoms with Crippen molar-refractivity contribution in [3.8, 4) is 17.3 Å². The standard InChI is InChI=1S/C19H20FN5O2/c20-13-4-6-14(7-5-13)25-10-8-16(22-25)19-21-18(23-27-19)17-11-24-9-2-1-3-15(24)12-26-17/h4-8,10,15,17H,1-3,9,11-12H2/t15?,17-/m1/s1. The van der Waals surface area contributed by atoms with Crippen molar-refractivity contribution >= 4 is 0 Å². The second-order valence-corrected chi connectivity index (χ2v) is 7.05. The minimum absolute atomic E-state index is 0.170. The number of aromatic nitrogens is 4. The molecule has 0 aliphatic carbocycles. The monoisotopic (exact) mass is 369 g/mol. The summed E-state index contributed by atoms with van der Waals surface area (Å²) in [6.07, 6.45) is 5.32. The molecule has 0 amide bonds. The average Bonchev–Trinajstić information content (AvgIpc) is 3.38. The normalized spacial score (nSPS) is 23.3. The highest BCUT2D eigenvalue weighted by atomic mass is 19.1. The van der Waals surface area contributed by atoms with E-state index >= 15 is 0 Å². The molecule has 7 nitrogen and oxygen atoms in total. The Kier molecular flexibility index (Phi) is 4.21. The molecule has 2 saturated heterocycles. The number of morpholine rings is 1. The van der Waals surface area contributed by atoms with Gasteiger partial charge in [0.15, 0.2) is 5.69 Å². The van der Waals surface area contributed by atoms with Crippen molar-refractivity contribution in [3.05, 3.63) is 48.2 Å². The summed E-state index contributed by atoms with van der Waals surface area (Å²) in [7, 11) is 0. The summed E-state index contributed by atoms with van der Waals surface area (Å²) in [5.41, 5.74) is 1.33. The lowest BCUT2D eigenvalue weighted by Crippen LogP contribution is -2.49. The zero-order chi connectivity index (χ0) is 18.2. The molecule has 8 heteroatoms. The van der Waals surface area contributed by atoms with Crippen molar-refractivity contribution in [1.82, 2.24) is 24.8 Å². The number of hydrogen-bond donors (Lipinski definition) is 0. The highest BCUT2D eigenvalue weighted by Gasteiger charge is 2.33. The van der Waals surface area contributed by atoms with E-state index < -0.39 is 0 Å². The summed E-state index contributed by atoms with van der Waals surface area (Å²) in [4.78, 5) is 6.97. The van der Waals surface area contributed by atoms with Crippen LogP contribution in [0.4, 0.5) is 4.39 Å². The number of nitrogens with zero attached hydrogens (tertiary/aromatic N) is 5. The molecule has 0 radical (unpaired) electrons. The quantitative estimate of drug-likeness (QED) is 0.707. The third-order valence-corrected chi connectivity index (χ3v) is 5.27. The lowest BCUT2D eigenvalue weighted by atomic mass is 10.0. The van der Waals surface area contributed by atoms with Gasteiger partial charge in [-0.05, 0) is 49.7 Å². The van der Waals surface area contributed by atoms with Crippen LogP contribution < -0.4 is 0 Å². The van der Waals surface area contributed by atoms with Crippen LogP contribution in [0.3, 0.4) is 0 Å². The van der Waals surface area contributed by atoms with E-state index in [1.807, 2.05) is 0 Å². The highest BCUT2D eigenvalue weighted by Crippen LogP contribution is 2.29. The van der Waals surface area contributed by atoms with Crippen molar-refractivity contribution in [1.29, 1.82) is 0 Å². The Morgan fingerprint density at radius 1 is 1.11 bits per heavy atom. The van der Waals surface area contributed by atoms with E-state index in [-0.39, 0.29) is 11.9 Å². The second-order valence-electron chi connectivity index (χ2n) is 7.05. The summed E-state index contributed by atoms with van der Waals surface area (Å²) in [5.74, 6) is 0.636. The van der Waals surface area contributed by atoms with Gasteiger partial charge in [0.1, 0.15) is 11.9 Å². The van der Waals surface area contributed by atoms with Gasteiger partial charge in [-0.15, -0.1) is 0 Å². The molecule has 0 N–H and O–H groups in total. The molecule has 0 bridgehead atoms. The van der Waals surface area contributed by atoms with Gasteiger partial charge >= 0.3 is 0 Å². The van der Waals surface area contributed by atoms with E-state index in [0.29, 0.717) is 30.1 Å². The van der Waals surface area contributed by atoms with Crippen LogP contribution >= 0.6 is 0 Å². The van der Waals surface area contributed by atoms with Crippen LogP contribution in [0.1, 0.15) is 31.2 Å². The Morgan fingerprint density at radius 3 is 2.89 bits per heavy atom. The van der Waals surface area contributed by atoms with Crippen LogP contribution in [0.2, 0.25) is 0 Å². The first-order valence-corrected chi connectivity index (χ1v) is 9.27. The first-order chi connectivity index (χ1) is 13.3. The zero-order valence-electron chi connectivity index (χ0n) is 14.8. The SMILES string of the molecule is Fc1ccc(-n2ccc(-c3nc([C@H]4CN5CCCCC5CO4)no3)n2)cc1. The maximum Gasteiger partial charge on any atom is 0.278 e. The van der Waals surface area contributed by atoms with Crippen LogP contribution in [0, 0.1) is 5.82 Å². The van der Waals surface area contributed by atoms with E-state index in [0.717, 1.165) is 18.8 Å². The highest BCUT2D eigenvalue weighted by molar-refractivity contribution is 5.46. The maximum absolute atomic E-state index is 13.1. The molecule has 140 valence electrons. The number of benzene rings is 1. The molecule has 2 aromatic heterocycles. The van der Waals surface area contributed by atoms with Crippen LogP contribution in [0.25, 0.3) is 17.3 Å². The van der Waals surface area contributed by atoms with E-state index in [1.54, 1.807) is 29.1 Å². The molecular weight excluding hydrogens is 349 g/mol. The van der Waals surface area contributed by atoms with Gasteiger partial charge in [0.05, 0.1) is 12.3 Å². The predicted octanol–water partition coefficient (Wildman–Crippen LogP) is 2.99. The zero-order valence-corrected chi connectivity index (χ0v) is 14.8. The van der Waals surface area contributed by atoms with E-state index in [9.17, 15) is 4.39 Å². The molecule has 1 aromatic carbocycles. The molecule has 5 rings (SSSR count). The minimum atomic E-state index is -0.281. The van der Waals surface area contributed by atoms with Crippen molar-refractivity contribution in [2.45, 2.75) is 31.4 Å². The fraction of sp³-hybridized carbons (Fsp3) is 0.421. The van der Waals surface area contributed by atoms with Gasteiger partial charge in [-0.1, -0.05) is 11.6 Å². The number of rotatable bonds is 3. The third-order valence-electron chi connectivity index (χ3n) is 5.27. The molecule has 2 aliphatic heterocycles. The second kappa shape index (κ2) is 6.86. The Labute approximate surface area is 155 Å². The smallest absolute Gasteiger partial charge is 0.278 e.